The van der Waals surface area contributed by atoms with Crippen molar-refractivity contribution in [1.82, 2.24) is 0 Å². The summed E-state index contributed by atoms with van der Waals surface area (Å²) in [5, 5.41) is 10.5. The van der Waals surface area contributed by atoms with Gasteiger partial charge in [0.15, 0.2) is 0 Å². The van der Waals surface area contributed by atoms with Crippen LogP contribution in [-0.4, -0.2) is 18.2 Å². The van der Waals surface area contributed by atoms with Gasteiger partial charge in [0.2, 0.25) is 0 Å². The van der Waals surface area contributed by atoms with E-state index in [-0.39, 0.29) is 22.3 Å². The largest absolute Gasteiger partial charge is 0.491 e. The standard InChI is InChI=1S/C19H31BO2/c1-13(17(2,3)4)22-20(21)14-9-10-15-16(11-14)19(7,8)12-18(15,5)6/h9-11,13,21H,12H2,1-8H3. The first-order valence-corrected chi connectivity index (χ1v) is 8.33. The molecule has 1 aromatic carbocycles. The number of rotatable bonds is 3. The number of hydrogen-bond donors (Lipinski definition) is 1. The fourth-order valence-corrected chi connectivity index (χ4v) is 3.64. The summed E-state index contributed by atoms with van der Waals surface area (Å²) in [6, 6.07) is 6.33. The van der Waals surface area contributed by atoms with E-state index in [0.29, 0.717) is 0 Å². The summed E-state index contributed by atoms with van der Waals surface area (Å²) in [5.74, 6) is 0. The van der Waals surface area contributed by atoms with Crippen molar-refractivity contribution in [3.63, 3.8) is 0 Å². The molecule has 0 aromatic heterocycles. The molecule has 3 heteroatoms. The molecule has 0 spiro atoms. The summed E-state index contributed by atoms with van der Waals surface area (Å²) in [5.41, 5.74) is 3.96. The Morgan fingerprint density at radius 1 is 1.09 bits per heavy atom. The van der Waals surface area contributed by atoms with E-state index < -0.39 is 7.12 Å². The minimum absolute atomic E-state index is 0.0129. The van der Waals surface area contributed by atoms with Crippen molar-refractivity contribution < 1.29 is 9.68 Å². The van der Waals surface area contributed by atoms with Crippen molar-refractivity contribution in [1.29, 1.82) is 0 Å². The molecule has 1 N–H and O–H groups in total. The second-order valence-electron chi connectivity index (χ2n) is 9.25. The molecule has 1 unspecified atom stereocenters. The molecule has 1 aliphatic rings. The third-order valence-electron chi connectivity index (χ3n) is 5.22. The highest BCUT2D eigenvalue weighted by molar-refractivity contribution is 6.60. The van der Waals surface area contributed by atoms with Gasteiger partial charge < -0.3 is 9.68 Å². The Hall–Kier alpha value is -0.795. The zero-order chi connectivity index (χ0) is 16.9. The maximum atomic E-state index is 10.5. The lowest BCUT2D eigenvalue weighted by Gasteiger charge is -2.29. The third kappa shape index (κ3) is 3.26. The van der Waals surface area contributed by atoms with Gasteiger partial charge in [0, 0.05) is 6.10 Å². The van der Waals surface area contributed by atoms with E-state index in [2.05, 4.69) is 60.6 Å². The summed E-state index contributed by atoms with van der Waals surface area (Å²) < 4.78 is 5.84. The highest BCUT2D eigenvalue weighted by Gasteiger charge is 2.42. The molecule has 2 nitrogen and oxygen atoms in total. The lowest BCUT2D eigenvalue weighted by Crippen LogP contribution is -2.41. The van der Waals surface area contributed by atoms with Gasteiger partial charge in [0.05, 0.1) is 0 Å². The van der Waals surface area contributed by atoms with Crippen molar-refractivity contribution in [2.24, 2.45) is 5.41 Å². The van der Waals surface area contributed by atoms with E-state index in [4.69, 9.17) is 4.65 Å². The average molecular weight is 302 g/mol. The topological polar surface area (TPSA) is 29.5 Å². The summed E-state index contributed by atoms with van der Waals surface area (Å²) in [4.78, 5) is 0. The van der Waals surface area contributed by atoms with Gasteiger partial charge in [0.25, 0.3) is 0 Å². The van der Waals surface area contributed by atoms with Gasteiger partial charge in [-0.2, -0.15) is 0 Å². The normalized spacial score (nSPS) is 20.6. The molecule has 0 saturated carbocycles. The highest BCUT2D eigenvalue weighted by atomic mass is 16.5. The van der Waals surface area contributed by atoms with Crippen LogP contribution in [0, 0.1) is 5.41 Å². The first-order chi connectivity index (χ1) is 9.84. The van der Waals surface area contributed by atoms with Gasteiger partial charge in [-0.3, -0.25) is 0 Å². The van der Waals surface area contributed by atoms with Crippen LogP contribution < -0.4 is 5.46 Å². The molecule has 122 valence electrons. The minimum atomic E-state index is -0.862. The highest BCUT2D eigenvalue weighted by Crippen LogP contribution is 2.48. The number of benzene rings is 1. The molecular formula is C19H31BO2. The summed E-state index contributed by atoms with van der Waals surface area (Å²) in [7, 11) is -0.862. The lowest BCUT2D eigenvalue weighted by molar-refractivity contribution is 0.0859. The van der Waals surface area contributed by atoms with Gasteiger partial charge in [0.1, 0.15) is 0 Å². The van der Waals surface area contributed by atoms with Crippen LogP contribution in [0.3, 0.4) is 0 Å². The van der Waals surface area contributed by atoms with Crippen LogP contribution in [0.2, 0.25) is 0 Å². The van der Waals surface area contributed by atoms with Crippen LogP contribution >= 0.6 is 0 Å². The Kier molecular flexibility index (Phi) is 4.30. The Bertz CT molecular complexity index is 555. The fourth-order valence-electron chi connectivity index (χ4n) is 3.64. The second kappa shape index (κ2) is 5.38. The first kappa shape index (κ1) is 17.6. The Balaban J connectivity index is 2.29. The van der Waals surface area contributed by atoms with Crippen LogP contribution in [0.1, 0.15) is 72.9 Å². The molecule has 0 bridgehead atoms. The Labute approximate surface area is 136 Å². The monoisotopic (exact) mass is 302 g/mol. The van der Waals surface area contributed by atoms with E-state index in [0.717, 1.165) is 11.9 Å². The van der Waals surface area contributed by atoms with Gasteiger partial charge in [-0.25, -0.2) is 0 Å². The summed E-state index contributed by atoms with van der Waals surface area (Å²) in [6.45, 7) is 17.6. The molecule has 0 heterocycles. The molecule has 0 aliphatic heterocycles. The van der Waals surface area contributed by atoms with Crippen LogP contribution in [0.15, 0.2) is 18.2 Å². The third-order valence-corrected chi connectivity index (χ3v) is 5.22. The number of hydrogen-bond acceptors (Lipinski definition) is 2. The van der Waals surface area contributed by atoms with Gasteiger partial charge in [-0.1, -0.05) is 66.7 Å². The fraction of sp³-hybridized carbons (Fsp3) is 0.684. The van der Waals surface area contributed by atoms with E-state index in [9.17, 15) is 5.02 Å². The van der Waals surface area contributed by atoms with E-state index in [1.807, 2.05) is 13.0 Å². The average Bonchev–Trinajstić information content (AvgIpc) is 2.53. The molecule has 0 fully saturated rings. The van der Waals surface area contributed by atoms with Crippen molar-refractivity contribution in [3.05, 3.63) is 29.3 Å². The maximum Gasteiger partial charge on any atom is 0.491 e. The van der Waals surface area contributed by atoms with Crippen molar-refractivity contribution in [2.45, 2.75) is 78.7 Å². The molecule has 1 atom stereocenters. The quantitative estimate of drug-likeness (QED) is 0.861. The zero-order valence-corrected chi connectivity index (χ0v) is 15.4. The lowest BCUT2D eigenvalue weighted by atomic mass is 9.74. The molecule has 22 heavy (non-hydrogen) atoms. The van der Waals surface area contributed by atoms with Gasteiger partial charge in [-0.15, -0.1) is 0 Å². The van der Waals surface area contributed by atoms with Crippen LogP contribution in [-0.2, 0) is 15.5 Å². The molecule has 2 rings (SSSR count). The van der Waals surface area contributed by atoms with E-state index in [1.54, 1.807) is 0 Å². The summed E-state index contributed by atoms with van der Waals surface area (Å²) in [6.07, 6.45) is 1.12. The smallest absolute Gasteiger partial charge is 0.423 e. The molecule has 0 amide bonds. The van der Waals surface area contributed by atoms with Gasteiger partial charge >= 0.3 is 7.12 Å². The Morgan fingerprint density at radius 2 is 1.64 bits per heavy atom. The molecule has 0 radical (unpaired) electrons. The van der Waals surface area contributed by atoms with Crippen molar-refractivity contribution in [3.8, 4) is 0 Å². The summed E-state index contributed by atoms with van der Waals surface area (Å²) >= 11 is 0. The zero-order valence-electron chi connectivity index (χ0n) is 15.4. The predicted molar refractivity (Wildman–Crippen MR) is 94.7 cm³/mol. The number of fused-ring (bicyclic) bond motifs is 1. The maximum absolute atomic E-state index is 10.5. The first-order valence-electron chi connectivity index (χ1n) is 8.33. The van der Waals surface area contributed by atoms with E-state index >= 15 is 0 Å². The predicted octanol–water partition coefficient (Wildman–Crippen LogP) is 3.78. The van der Waals surface area contributed by atoms with E-state index in [1.165, 1.54) is 11.1 Å². The molecule has 0 saturated heterocycles. The molecule has 1 aliphatic carbocycles. The van der Waals surface area contributed by atoms with Crippen molar-refractivity contribution >= 4 is 12.6 Å². The SMILES string of the molecule is CC(OB(O)c1ccc2c(c1)C(C)(C)CC2(C)C)C(C)(C)C. The van der Waals surface area contributed by atoms with Crippen molar-refractivity contribution in [2.75, 3.05) is 0 Å². The van der Waals surface area contributed by atoms with Crippen LogP contribution in [0.5, 0.6) is 0 Å². The van der Waals surface area contributed by atoms with Gasteiger partial charge in [-0.05, 0) is 46.2 Å². The minimum Gasteiger partial charge on any atom is -0.423 e. The molecular weight excluding hydrogens is 271 g/mol. The van der Waals surface area contributed by atoms with Crippen LogP contribution in [0.4, 0.5) is 0 Å². The Morgan fingerprint density at radius 3 is 2.18 bits per heavy atom. The molecule has 1 aromatic rings. The van der Waals surface area contributed by atoms with Crippen LogP contribution in [0.25, 0.3) is 0 Å². The second-order valence-corrected chi connectivity index (χ2v) is 9.25.